The minimum absolute atomic E-state index is 0.0166. The second-order valence-electron chi connectivity index (χ2n) is 9.28. The van der Waals surface area contributed by atoms with Gasteiger partial charge in [0.15, 0.2) is 0 Å². The Morgan fingerprint density at radius 1 is 1.11 bits per heavy atom. The number of halogens is 2. The Balaban J connectivity index is 1.57. The van der Waals surface area contributed by atoms with Gasteiger partial charge in [0, 0.05) is 32.6 Å². The van der Waals surface area contributed by atoms with E-state index in [0.29, 0.717) is 16.7 Å². The quantitative estimate of drug-likeness (QED) is 0.245. The summed E-state index contributed by atoms with van der Waals surface area (Å²) in [5.74, 6) is -0.348. The Morgan fingerprint density at radius 2 is 1.84 bits per heavy atom. The van der Waals surface area contributed by atoms with Crippen LogP contribution in [0.4, 0.5) is 10.1 Å². The molecule has 5 rings (SSSR count). The zero-order valence-corrected chi connectivity index (χ0v) is 22.7. The summed E-state index contributed by atoms with van der Waals surface area (Å²) in [5, 5.41) is 8.58. The molecule has 0 radical (unpaired) electrons. The van der Waals surface area contributed by atoms with E-state index in [1.54, 1.807) is 24.4 Å². The van der Waals surface area contributed by atoms with Crippen molar-refractivity contribution in [3.05, 3.63) is 104 Å². The SMILES string of the molecule is Cc1c(C=Nn2c(C(C)C)nc3ccc(Br)cc3c2=O)c2ccccc2n1CC(=O)Nc1ccccc1F. The monoisotopic (exact) mass is 573 g/mol. The Kier molecular flexibility index (Phi) is 6.94. The second kappa shape index (κ2) is 10.3. The van der Waals surface area contributed by atoms with Gasteiger partial charge in [-0.15, -0.1) is 0 Å². The smallest absolute Gasteiger partial charge is 0.282 e. The van der Waals surface area contributed by atoms with Gasteiger partial charge in [-0.3, -0.25) is 9.59 Å². The molecule has 0 atom stereocenters. The summed E-state index contributed by atoms with van der Waals surface area (Å²) >= 11 is 3.43. The minimum atomic E-state index is -0.495. The summed E-state index contributed by atoms with van der Waals surface area (Å²) < 4.78 is 18.0. The molecule has 0 aliphatic carbocycles. The second-order valence-corrected chi connectivity index (χ2v) is 10.2. The Hall–Kier alpha value is -4.11. The number of fused-ring (bicyclic) bond motifs is 2. The van der Waals surface area contributed by atoms with E-state index < -0.39 is 5.82 Å². The van der Waals surface area contributed by atoms with E-state index in [0.717, 1.165) is 26.6 Å². The van der Waals surface area contributed by atoms with Crippen LogP contribution in [0, 0.1) is 12.7 Å². The van der Waals surface area contributed by atoms with E-state index >= 15 is 0 Å². The predicted molar refractivity (Wildman–Crippen MR) is 152 cm³/mol. The molecule has 9 heteroatoms. The number of aromatic nitrogens is 3. The number of carbonyl (C=O) groups is 1. The third-order valence-electron chi connectivity index (χ3n) is 6.38. The molecule has 0 unspecified atom stereocenters. The van der Waals surface area contributed by atoms with Crippen molar-refractivity contribution in [2.24, 2.45) is 5.10 Å². The summed E-state index contributed by atoms with van der Waals surface area (Å²) in [6.07, 6.45) is 1.64. The molecule has 0 spiro atoms. The number of para-hydroxylation sites is 2. The standard InChI is InChI=1S/C29H25BrFN5O2/c1-17(2)28-34-24-13-12-19(30)14-21(24)29(38)36(28)32-15-22-18(3)35(26-11-7-4-8-20(22)26)16-27(37)33-25-10-6-5-9-23(25)31/h4-15,17H,16H2,1-3H3,(H,33,37). The van der Waals surface area contributed by atoms with Crippen LogP contribution in [0.5, 0.6) is 0 Å². The van der Waals surface area contributed by atoms with Gasteiger partial charge < -0.3 is 9.88 Å². The molecule has 0 aliphatic rings. The van der Waals surface area contributed by atoms with Crippen molar-refractivity contribution >= 4 is 55.5 Å². The van der Waals surface area contributed by atoms with Gasteiger partial charge in [0.25, 0.3) is 5.56 Å². The number of amides is 1. The molecular weight excluding hydrogens is 549 g/mol. The molecule has 3 aromatic carbocycles. The van der Waals surface area contributed by atoms with Gasteiger partial charge in [-0.2, -0.15) is 9.78 Å². The highest BCUT2D eigenvalue weighted by Crippen LogP contribution is 2.25. The van der Waals surface area contributed by atoms with E-state index in [1.807, 2.05) is 61.7 Å². The number of nitrogens with one attached hydrogen (secondary N) is 1. The zero-order valence-electron chi connectivity index (χ0n) is 21.1. The molecule has 0 aliphatic heterocycles. The first-order chi connectivity index (χ1) is 18.2. The molecule has 192 valence electrons. The molecule has 1 amide bonds. The van der Waals surface area contributed by atoms with Crippen molar-refractivity contribution in [2.75, 3.05) is 5.32 Å². The molecule has 0 fully saturated rings. The van der Waals surface area contributed by atoms with Gasteiger partial charge in [0.1, 0.15) is 18.2 Å². The molecule has 0 saturated heterocycles. The lowest BCUT2D eigenvalue weighted by Gasteiger charge is -2.12. The molecule has 2 heterocycles. The van der Waals surface area contributed by atoms with Crippen molar-refractivity contribution in [3.8, 4) is 0 Å². The fourth-order valence-electron chi connectivity index (χ4n) is 4.49. The lowest BCUT2D eigenvalue weighted by atomic mass is 10.1. The first kappa shape index (κ1) is 25.5. The number of benzene rings is 3. The van der Waals surface area contributed by atoms with Crippen LogP contribution in [-0.4, -0.2) is 26.3 Å². The van der Waals surface area contributed by atoms with Crippen LogP contribution in [-0.2, 0) is 11.3 Å². The zero-order chi connectivity index (χ0) is 27.0. The molecule has 5 aromatic rings. The number of hydrogen-bond acceptors (Lipinski definition) is 4. The van der Waals surface area contributed by atoms with E-state index in [9.17, 15) is 14.0 Å². The van der Waals surface area contributed by atoms with E-state index in [2.05, 4.69) is 26.3 Å². The van der Waals surface area contributed by atoms with Gasteiger partial charge in [-0.05, 0) is 43.3 Å². The van der Waals surface area contributed by atoms with Crippen LogP contribution in [0.25, 0.3) is 21.8 Å². The maximum absolute atomic E-state index is 14.1. The molecular formula is C29H25BrFN5O2. The normalized spacial score (nSPS) is 11.7. The first-order valence-corrected chi connectivity index (χ1v) is 12.9. The van der Waals surface area contributed by atoms with E-state index in [-0.39, 0.29) is 29.6 Å². The largest absolute Gasteiger partial charge is 0.335 e. The van der Waals surface area contributed by atoms with Gasteiger partial charge in [0.2, 0.25) is 5.91 Å². The summed E-state index contributed by atoms with van der Waals surface area (Å²) in [6.45, 7) is 5.80. The Morgan fingerprint density at radius 3 is 2.61 bits per heavy atom. The summed E-state index contributed by atoms with van der Waals surface area (Å²) in [7, 11) is 0. The molecule has 7 nitrogen and oxygen atoms in total. The van der Waals surface area contributed by atoms with Gasteiger partial charge in [0.05, 0.1) is 22.8 Å². The van der Waals surface area contributed by atoms with Crippen molar-refractivity contribution in [1.82, 2.24) is 14.2 Å². The van der Waals surface area contributed by atoms with Crippen molar-refractivity contribution in [1.29, 1.82) is 0 Å². The fourth-order valence-corrected chi connectivity index (χ4v) is 4.85. The van der Waals surface area contributed by atoms with E-state index in [1.165, 1.54) is 16.8 Å². The van der Waals surface area contributed by atoms with Gasteiger partial charge in [-0.1, -0.05) is 60.1 Å². The maximum atomic E-state index is 14.1. The van der Waals surface area contributed by atoms with Crippen LogP contribution < -0.4 is 10.9 Å². The van der Waals surface area contributed by atoms with Crippen molar-refractivity contribution in [3.63, 3.8) is 0 Å². The summed E-state index contributed by atoms with van der Waals surface area (Å²) in [5.41, 5.74) is 2.87. The Bertz CT molecular complexity index is 1790. The average Bonchev–Trinajstić information content (AvgIpc) is 3.15. The van der Waals surface area contributed by atoms with E-state index in [4.69, 9.17) is 4.98 Å². The highest BCUT2D eigenvalue weighted by molar-refractivity contribution is 9.10. The summed E-state index contributed by atoms with van der Waals surface area (Å²) in [4.78, 5) is 31.0. The number of rotatable bonds is 6. The van der Waals surface area contributed by atoms with Crippen LogP contribution in [0.3, 0.4) is 0 Å². The topological polar surface area (TPSA) is 81.3 Å². The minimum Gasteiger partial charge on any atom is -0.335 e. The number of hydrogen-bond donors (Lipinski definition) is 1. The first-order valence-electron chi connectivity index (χ1n) is 12.1. The van der Waals surface area contributed by atoms with Crippen molar-refractivity contribution < 1.29 is 9.18 Å². The van der Waals surface area contributed by atoms with Gasteiger partial charge >= 0.3 is 0 Å². The third-order valence-corrected chi connectivity index (χ3v) is 6.87. The molecule has 2 aromatic heterocycles. The lowest BCUT2D eigenvalue weighted by molar-refractivity contribution is -0.116. The molecule has 0 saturated carbocycles. The van der Waals surface area contributed by atoms with Crippen LogP contribution >= 0.6 is 15.9 Å². The van der Waals surface area contributed by atoms with Crippen molar-refractivity contribution in [2.45, 2.75) is 33.2 Å². The highest BCUT2D eigenvalue weighted by atomic mass is 79.9. The third kappa shape index (κ3) is 4.77. The van der Waals surface area contributed by atoms with Gasteiger partial charge in [-0.25, -0.2) is 9.37 Å². The molecule has 1 N–H and O–H groups in total. The predicted octanol–water partition coefficient (Wildman–Crippen LogP) is 6.21. The number of nitrogens with zero attached hydrogens (tertiary/aromatic N) is 4. The van der Waals surface area contributed by atoms with Crippen LogP contribution in [0.15, 0.2) is 81.1 Å². The van der Waals surface area contributed by atoms with Crippen LogP contribution in [0.1, 0.15) is 36.8 Å². The molecule has 0 bridgehead atoms. The highest BCUT2D eigenvalue weighted by Gasteiger charge is 2.17. The fraction of sp³-hybridized carbons (Fsp3) is 0.172. The maximum Gasteiger partial charge on any atom is 0.282 e. The average molecular weight is 574 g/mol. The number of carbonyl (C=O) groups excluding carboxylic acids is 1. The Labute approximate surface area is 226 Å². The lowest BCUT2D eigenvalue weighted by Crippen LogP contribution is -2.23. The number of anilines is 1. The summed E-state index contributed by atoms with van der Waals surface area (Å²) in [6, 6.07) is 19.1. The van der Waals surface area contributed by atoms with Crippen LogP contribution in [0.2, 0.25) is 0 Å². The molecule has 38 heavy (non-hydrogen) atoms.